The molecule has 0 aliphatic carbocycles. The molecule has 0 radical (unpaired) electrons. The Balaban J connectivity index is 1.59. The first-order valence-electron chi connectivity index (χ1n) is 8.93. The van der Waals surface area contributed by atoms with Crippen LogP contribution >= 0.6 is 11.8 Å². The van der Waals surface area contributed by atoms with E-state index in [4.69, 9.17) is 4.74 Å². The lowest BCUT2D eigenvalue weighted by molar-refractivity contribution is -0.156. The van der Waals surface area contributed by atoms with Crippen molar-refractivity contribution in [2.45, 2.75) is 44.9 Å². The molecular formula is C18H23N5O3S. The van der Waals surface area contributed by atoms with Gasteiger partial charge in [0.05, 0.1) is 11.4 Å². The molecule has 144 valence electrons. The third-order valence-electron chi connectivity index (χ3n) is 4.43. The first-order valence-corrected chi connectivity index (χ1v) is 9.91. The van der Waals surface area contributed by atoms with Crippen molar-refractivity contribution in [1.29, 1.82) is 0 Å². The Kier molecular flexibility index (Phi) is 6.10. The van der Waals surface area contributed by atoms with Gasteiger partial charge in [-0.25, -0.2) is 0 Å². The fourth-order valence-electron chi connectivity index (χ4n) is 2.97. The molecule has 9 heteroatoms. The average Bonchev–Trinajstić information content (AvgIpc) is 3.33. The van der Waals surface area contributed by atoms with E-state index in [0.29, 0.717) is 5.16 Å². The zero-order chi connectivity index (χ0) is 19.4. The number of carbonyl (C=O) groups excluding carboxylic acids is 2. The molecule has 1 atom stereocenters. The number of likely N-dealkylation sites (tertiary alicyclic amines) is 1. The molecule has 1 amide bonds. The Morgan fingerprint density at radius 3 is 2.74 bits per heavy atom. The molecule has 0 saturated carbocycles. The fraction of sp³-hybridized carbons (Fsp3) is 0.500. The number of ether oxygens (including phenoxy) is 1. The molecule has 2 heterocycles. The molecule has 1 aromatic carbocycles. The number of hydrogen-bond donors (Lipinski definition) is 0. The van der Waals surface area contributed by atoms with Gasteiger partial charge in [0.25, 0.3) is 5.91 Å². The number of nitrogens with zero attached hydrogens (tertiary/aromatic N) is 5. The first-order chi connectivity index (χ1) is 13.0. The average molecular weight is 389 g/mol. The van der Waals surface area contributed by atoms with E-state index in [9.17, 15) is 9.59 Å². The molecule has 1 aliphatic rings. The van der Waals surface area contributed by atoms with Crippen LogP contribution in [0.5, 0.6) is 0 Å². The van der Waals surface area contributed by atoms with Crippen molar-refractivity contribution >= 4 is 23.6 Å². The molecule has 1 aliphatic heterocycles. The summed E-state index contributed by atoms with van der Waals surface area (Å²) in [6, 6.07) is 6.01. The van der Waals surface area contributed by atoms with E-state index in [1.54, 1.807) is 16.5 Å². The van der Waals surface area contributed by atoms with Crippen LogP contribution < -0.4 is 0 Å². The number of esters is 1. The Bertz CT molecular complexity index is 832. The summed E-state index contributed by atoms with van der Waals surface area (Å²) in [4.78, 5) is 26.1. The van der Waals surface area contributed by atoms with Crippen LogP contribution in [0.1, 0.15) is 30.9 Å². The van der Waals surface area contributed by atoms with Crippen molar-refractivity contribution in [2.24, 2.45) is 0 Å². The van der Waals surface area contributed by atoms with Crippen LogP contribution in [-0.2, 0) is 14.3 Å². The molecule has 1 fully saturated rings. The van der Waals surface area contributed by atoms with Gasteiger partial charge in [0.1, 0.15) is 0 Å². The largest absolute Gasteiger partial charge is 0.452 e. The van der Waals surface area contributed by atoms with Gasteiger partial charge in [0.15, 0.2) is 6.10 Å². The molecule has 2 aromatic rings. The summed E-state index contributed by atoms with van der Waals surface area (Å²) in [6.07, 6.45) is 1.23. The lowest BCUT2D eigenvalue weighted by Crippen LogP contribution is -2.38. The Morgan fingerprint density at radius 1 is 1.26 bits per heavy atom. The van der Waals surface area contributed by atoms with Crippen LogP contribution in [0.3, 0.4) is 0 Å². The van der Waals surface area contributed by atoms with Gasteiger partial charge in [-0.05, 0) is 61.2 Å². The zero-order valence-corrected chi connectivity index (χ0v) is 16.5. The van der Waals surface area contributed by atoms with Gasteiger partial charge in [-0.2, -0.15) is 4.68 Å². The van der Waals surface area contributed by atoms with Crippen molar-refractivity contribution in [3.63, 3.8) is 0 Å². The predicted molar refractivity (Wildman–Crippen MR) is 101 cm³/mol. The molecule has 0 unspecified atom stereocenters. The minimum Gasteiger partial charge on any atom is -0.452 e. The molecule has 27 heavy (non-hydrogen) atoms. The maximum Gasteiger partial charge on any atom is 0.317 e. The van der Waals surface area contributed by atoms with E-state index >= 15 is 0 Å². The summed E-state index contributed by atoms with van der Waals surface area (Å²) in [5.74, 6) is -0.565. The number of thioether (sulfide) groups is 1. The van der Waals surface area contributed by atoms with Crippen LogP contribution in [0, 0.1) is 13.8 Å². The quantitative estimate of drug-likeness (QED) is 0.551. The highest BCUT2D eigenvalue weighted by atomic mass is 32.2. The summed E-state index contributed by atoms with van der Waals surface area (Å²) in [5.41, 5.74) is 2.99. The highest BCUT2D eigenvalue weighted by Gasteiger charge is 2.26. The second-order valence-electron chi connectivity index (χ2n) is 6.62. The third kappa shape index (κ3) is 4.65. The summed E-state index contributed by atoms with van der Waals surface area (Å²) < 4.78 is 6.89. The van der Waals surface area contributed by atoms with Crippen LogP contribution in [0.2, 0.25) is 0 Å². The maximum atomic E-state index is 12.2. The summed E-state index contributed by atoms with van der Waals surface area (Å²) in [6.45, 7) is 7.06. The second kappa shape index (κ2) is 8.51. The lowest BCUT2D eigenvalue weighted by Gasteiger charge is -2.20. The molecule has 1 saturated heterocycles. The molecule has 3 rings (SSSR count). The van der Waals surface area contributed by atoms with E-state index in [2.05, 4.69) is 15.5 Å². The van der Waals surface area contributed by atoms with Gasteiger partial charge in [-0.1, -0.05) is 23.9 Å². The van der Waals surface area contributed by atoms with E-state index in [0.717, 1.165) is 42.7 Å². The molecule has 0 bridgehead atoms. The van der Waals surface area contributed by atoms with Crippen LogP contribution in [0.4, 0.5) is 0 Å². The molecule has 1 aromatic heterocycles. The minimum absolute atomic E-state index is 0.0306. The van der Waals surface area contributed by atoms with E-state index in [-0.39, 0.29) is 11.7 Å². The monoisotopic (exact) mass is 389 g/mol. The number of carbonyl (C=O) groups is 2. The normalized spacial score (nSPS) is 15.0. The van der Waals surface area contributed by atoms with Gasteiger partial charge >= 0.3 is 5.97 Å². The van der Waals surface area contributed by atoms with Crippen molar-refractivity contribution < 1.29 is 14.3 Å². The van der Waals surface area contributed by atoms with Crippen LogP contribution in [-0.4, -0.2) is 61.9 Å². The number of aromatic nitrogens is 4. The topological polar surface area (TPSA) is 90.2 Å². The second-order valence-corrected chi connectivity index (χ2v) is 7.56. The number of amides is 1. The highest BCUT2D eigenvalue weighted by molar-refractivity contribution is 7.99. The number of benzene rings is 1. The number of tetrazole rings is 1. The maximum absolute atomic E-state index is 12.2. The predicted octanol–water partition coefficient (Wildman–Crippen LogP) is 1.93. The van der Waals surface area contributed by atoms with Gasteiger partial charge in [-0.3, -0.25) is 9.59 Å². The smallest absolute Gasteiger partial charge is 0.317 e. The number of aryl methyl sites for hydroxylation is 2. The van der Waals surface area contributed by atoms with Gasteiger partial charge < -0.3 is 9.64 Å². The van der Waals surface area contributed by atoms with Crippen LogP contribution in [0.25, 0.3) is 5.69 Å². The minimum atomic E-state index is -0.772. The summed E-state index contributed by atoms with van der Waals surface area (Å²) in [7, 11) is 0. The van der Waals surface area contributed by atoms with E-state index < -0.39 is 12.1 Å². The van der Waals surface area contributed by atoms with Crippen molar-refractivity contribution in [2.75, 3.05) is 18.8 Å². The molecule has 0 N–H and O–H groups in total. The highest BCUT2D eigenvalue weighted by Crippen LogP contribution is 2.22. The molecular weight excluding hydrogens is 366 g/mol. The van der Waals surface area contributed by atoms with Crippen molar-refractivity contribution in [1.82, 2.24) is 25.1 Å². The lowest BCUT2D eigenvalue weighted by atomic mass is 10.1. The van der Waals surface area contributed by atoms with E-state index in [1.165, 1.54) is 11.8 Å². The SMILES string of the molecule is Cc1ccc(C)c(-n2nnnc2SCC(=O)O[C@@H](C)C(=O)N2CCCC2)c1. The van der Waals surface area contributed by atoms with Gasteiger partial charge in [0, 0.05) is 13.1 Å². The number of rotatable bonds is 6. The zero-order valence-electron chi connectivity index (χ0n) is 15.7. The Labute approximate surface area is 162 Å². The van der Waals surface area contributed by atoms with Crippen LogP contribution in [0.15, 0.2) is 23.4 Å². The van der Waals surface area contributed by atoms with Gasteiger partial charge in [-0.15, -0.1) is 5.10 Å². The van der Waals surface area contributed by atoms with Crippen molar-refractivity contribution in [3.8, 4) is 5.69 Å². The van der Waals surface area contributed by atoms with Crippen molar-refractivity contribution in [3.05, 3.63) is 29.3 Å². The standard InChI is InChI=1S/C18H23N5O3S/c1-12-6-7-13(2)15(10-12)23-18(19-20-21-23)27-11-16(24)26-14(3)17(25)22-8-4-5-9-22/h6-7,10,14H,4-5,8-9,11H2,1-3H3/t14-/m0/s1. The third-order valence-corrected chi connectivity index (χ3v) is 5.32. The van der Waals surface area contributed by atoms with Gasteiger partial charge in [0.2, 0.25) is 5.16 Å². The Morgan fingerprint density at radius 2 is 2.00 bits per heavy atom. The molecule has 8 nitrogen and oxygen atoms in total. The molecule has 0 spiro atoms. The summed E-state index contributed by atoms with van der Waals surface area (Å²) in [5, 5.41) is 12.2. The van der Waals surface area contributed by atoms with E-state index in [1.807, 2.05) is 32.0 Å². The fourth-order valence-corrected chi connectivity index (χ4v) is 3.63. The Hall–Kier alpha value is -2.42. The number of hydrogen-bond acceptors (Lipinski definition) is 7. The summed E-state index contributed by atoms with van der Waals surface area (Å²) >= 11 is 1.18. The first kappa shape index (κ1) is 19.3.